The zero-order valence-electron chi connectivity index (χ0n) is 9.27. The Morgan fingerprint density at radius 1 is 1.07 bits per heavy atom. The van der Waals surface area contributed by atoms with Crippen LogP contribution in [0.1, 0.15) is 32.3 Å². The Morgan fingerprint density at radius 2 is 1.64 bits per heavy atom. The number of rotatable bonds is 4. The Balaban J connectivity index is 2.78. The normalized spacial score (nSPS) is 15.5. The Bertz CT molecular complexity index is 253. The van der Waals surface area contributed by atoms with Gasteiger partial charge in [0.1, 0.15) is 0 Å². The van der Waals surface area contributed by atoms with Crippen LogP contribution in [0.5, 0.6) is 0 Å². The molecule has 1 aromatic rings. The highest BCUT2D eigenvalue weighted by atomic mass is 16.3. The molecule has 1 N–H and O–H groups in total. The predicted octanol–water partition coefficient (Wildman–Crippen LogP) is 3.05. The standard InChI is InChI=1S/C13H20O/c1-10(2)13(9-14)11(3)12-7-5-4-6-8-12/h4-8,10-11,13-14H,9H2,1-3H3/t11-,13-/m0/s1. The van der Waals surface area contributed by atoms with Crippen LogP contribution in [0.15, 0.2) is 30.3 Å². The van der Waals surface area contributed by atoms with E-state index in [-0.39, 0.29) is 6.61 Å². The van der Waals surface area contributed by atoms with Crippen LogP contribution in [0.2, 0.25) is 0 Å². The van der Waals surface area contributed by atoms with E-state index in [4.69, 9.17) is 0 Å². The summed E-state index contributed by atoms with van der Waals surface area (Å²) < 4.78 is 0. The number of aliphatic hydroxyl groups excluding tert-OH is 1. The molecule has 0 amide bonds. The second-order valence-corrected chi connectivity index (χ2v) is 4.29. The summed E-state index contributed by atoms with van der Waals surface area (Å²) in [5, 5.41) is 9.33. The van der Waals surface area contributed by atoms with Crippen LogP contribution in [0.4, 0.5) is 0 Å². The molecule has 0 unspecified atom stereocenters. The van der Waals surface area contributed by atoms with Gasteiger partial charge in [-0.2, -0.15) is 0 Å². The number of benzene rings is 1. The van der Waals surface area contributed by atoms with Gasteiger partial charge in [-0.3, -0.25) is 0 Å². The maximum Gasteiger partial charge on any atom is 0.0467 e. The smallest absolute Gasteiger partial charge is 0.0467 e. The molecule has 78 valence electrons. The van der Waals surface area contributed by atoms with E-state index in [1.807, 2.05) is 6.07 Å². The fourth-order valence-corrected chi connectivity index (χ4v) is 1.95. The molecule has 0 aliphatic rings. The minimum absolute atomic E-state index is 0.272. The van der Waals surface area contributed by atoms with Gasteiger partial charge in [-0.05, 0) is 23.3 Å². The van der Waals surface area contributed by atoms with Crippen LogP contribution >= 0.6 is 0 Å². The fraction of sp³-hybridized carbons (Fsp3) is 0.538. The van der Waals surface area contributed by atoms with Crippen LogP contribution in [-0.4, -0.2) is 11.7 Å². The van der Waals surface area contributed by atoms with E-state index in [1.54, 1.807) is 0 Å². The minimum Gasteiger partial charge on any atom is -0.396 e. The van der Waals surface area contributed by atoms with E-state index < -0.39 is 0 Å². The summed E-state index contributed by atoms with van der Waals surface area (Å²) in [5.74, 6) is 1.31. The van der Waals surface area contributed by atoms with Gasteiger partial charge in [-0.15, -0.1) is 0 Å². The highest BCUT2D eigenvalue weighted by molar-refractivity contribution is 5.19. The van der Waals surface area contributed by atoms with Gasteiger partial charge in [0.2, 0.25) is 0 Å². The summed E-state index contributed by atoms with van der Waals surface area (Å²) in [7, 11) is 0. The topological polar surface area (TPSA) is 20.2 Å². The zero-order valence-corrected chi connectivity index (χ0v) is 9.27. The highest BCUT2D eigenvalue weighted by Crippen LogP contribution is 2.29. The summed E-state index contributed by atoms with van der Waals surface area (Å²) in [5.41, 5.74) is 1.32. The van der Waals surface area contributed by atoms with Crippen molar-refractivity contribution in [3.63, 3.8) is 0 Å². The molecular weight excluding hydrogens is 172 g/mol. The van der Waals surface area contributed by atoms with Crippen LogP contribution in [0.25, 0.3) is 0 Å². The largest absolute Gasteiger partial charge is 0.396 e. The lowest BCUT2D eigenvalue weighted by molar-refractivity contribution is 0.169. The molecule has 14 heavy (non-hydrogen) atoms. The van der Waals surface area contributed by atoms with Crippen molar-refractivity contribution in [3.05, 3.63) is 35.9 Å². The molecule has 0 saturated heterocycles. The number of aliphatic hydroxyl groups is 1. The molecule has 1 rings (SSSR count). The van der Waals surface area contributed by atoms with Crippen molar-refractivity contribution < 1.29 is 5.11 Å². The maximum atomic E-state index is 9.33. The average Bonchev–Trinajstić information content (AvgIpc) is 2.19. The first kappa shape index (κ1) is 11.3. The van der Waals surface area contributed by atoms with E-state index in [1.165, 1.54) is 5.56 Å². The molecule has 0 fully saturated rings. The molecule has 1 heteroatoms. The van der Waals surface area contributed by atoms with Gasteiger partial charge in [0.15, 0.2) is 0 Å². The third-order valence-electron chi connectivity index (χ3n) is 3.03. The van der Waals surface area contributed by atoms with Gasteiger partial charge in [0.05, 0.1) is 0 Å². The molecule has 2 atom stereocenters. The number of hydrogen-bond acceptors (Lipinski definition) is 1. The summed E-state index contributed by atoms with van der Waals surface area (Å²) in [6, 6.07) is 10.4. The fourth-order valence-electron chi connectivity index (χ4n) is 1.95. The number of hydrogen-bond donors (Lipinski definition) is 1. The van der Waals surface area contributed by atoms with Crippen LogP contribution < -0.4 is 0 Å². The van der Waals surface area contributed by atoms with Crippen molar-refractivity contribution in [2.24, 2.45) is 11.8 Å². The molecule has 0 heterocycles. The first-order valence-corrected chi connectivity index (χ1v) is 5.32. The van der Waals surface area contributed by atoms with Crippen molar-refractivity contribution in [1.29, 1.82) is 0 Å². The van der Waals surface area contributed by atoms with E-state index in [9.17, 15) is 5.11 Å². The van der Waals surface area contributed by atoms with Gasteiger partial charge in [-0.1, -0.05) is 51.1 Å². The van der Waals surface area contributed by atoms with Gasteiger partial charge < -0.3 is 5.11 Å². The maximum absolute atomic E-state index is 9.33. The van der Waals surface area contributed by atoms with Crippen LogP contribution in [-0.2, 0) is 0 Å². The van der Waals surface area contributed by atoms with Crippen molar-refractivity contribution in [1.82, 2.24) is 0 Å². The van der Waals surface area contributed by atoms with Crippen LogP contribution in [0.3, 0.4) is 0 Å². The summed E-state index contributed by atoms with van der Waals surface area (Å²) in [6.45, 7) is 6.80. The SMILES string of the molecule is CC(C)[C@H](CO)[C@@H](C)c1ccccc1. The Kier molecular flexibility index (Phi) is 4.15. The van der Waals surface area contributed by atoms with E-state index in [2.05, 4.69) is 45.0 Å². The highest BCUT2D eigenvalue weighted by Gasteiger charge is 2.20. The molecule has 0 aromatic heterocycles. The lowest BCUT2D eigenvalue weighted by Gasteiger charge is -2.25. The van der Waals surface area contributed by atoms with E-state index in [0.29, 0.717) is 17.8 Å². The first-order chi connectivity index (χ1) is 6.66. The van der Waals surface area contributed by atoms with Crippen molar-refractivity contribution in [2.45, 2.75) is 26.7 Å². The van der Waals surface area contributed by atoms with Crippen molar-refractivity contribution >= 4 is 0 Å². The third-order valence-corrected chi connectivity index (χ3v) is 3.03. The van der Waals surface area contributed by atoms with Gasteiger partial charge in [-0.25, -0.2) is 0 Å². The van der Waals surface area contributed by atoms with E-state index >= 15 is 0 Å². The lowest BCUT2D eigenvalue weighted by atomic mass is 9.81. The average molecular weight is 192 g/mol. The molecule has 1 aromatic carbocycles. The monoisotopic (exact) mass is 192 g/mol. The second-order valence-electron chi connectivity index (χ2n) is 4.29. The summed E-state index contributed by atoms with van der Waals surface area (Å²) >= 11 is 0. The molecule has 1 nitrogen and oxygen atoms in total. The molecule has 0 aliphatic carbocycles. The predicted molar refractivity (Wildman–Crippen MR) is 60.3 cm³/mol. The zero-order chi connectivity index (χ0) is 10.6. The molecule has 0 bridgehead atoms. The lowest BCUT2D eigenvalue weighted by Crippen LogP contribution is -2.20. The van der Waals surface area contributed by atoms with Crippen molar-refractivity contribution in [2.75, 3.05) is 6.61 Å². The van der Waals surface area contributed by atoms with Gasteiger partial charge in [0.25, 0.3) is 0 Å². The Hall–Kier alpha value is -0.820. The van der Waals surface area contributed by atoms with Gasteiger partial charge >= 0.3 is 0 Å². The molecule has 0 spiro atoms. The van der Waals surface area contributed by atoms with Crippen molar-refractivity contribution in [3.8, 4) is 0 Å². The minimum atomic E-state index is 0.272. The quantitative estimate of drug-likeness (QED) is 0.777. The van der Waals surface area contributed by atoms with Gasteiger partial charge in [0, 0.05) is 6.61 Å². The molecule has 0 aliphatic heterocycles. The molecule has 0 radical (unpaired) electrons. The Labute approximate surface area is 86.8 Å². The second kappa shape index (κ2) is 5.16. The summed E-state index contributed by atoms with van der Waals surface area (Å²) in [6.07, 6.45) is 0. The summed E-state index contributed by atoms with van der Waals surface area (Å²) in [4.78, 5) is 0. The Morgan fingerprint density at radius 3 is 2.07 bits per heavy atom. The van der Waals surface area contributed by atoms with Crippen LogP contribution in [0, 0.1) is 11.8 Å². The molecular formula is C13H20O. The first-order valence-electron chi connectivity index (χ1n) is 5.32. The third kappa shape index (κ3) is 2.58. The van der Waals surface area contributed by atoms with E-state index in [0.717, 1.165) is 0 Å². The molecule has 0 saturated carbocycles.